The Balaban J connectivity index is 2.26. The van der Waals surface area contributed by atoms with Crippen molar-refractivity contribution in [1.82, 2.24) is 9.88 Å². The quantitative estimate of drug-likeness (QED) is 0.903. The molecule has 1 amide bonds. The van der Waals surface area contributed by atoms with Gasteiger partial charge in [-0.15, -0.1) is 0 Å². The fourth-order valence-corrected chi connectivity index (χ4v) is 2.25. The molecule has 5 heteroatoms. The fourth-order valence-electron chi connectivity index (χ4n) is 2.25. The molecule has 2 N–H and O–H groups in total. The van der Waals surface area contributed by atoms with Crippen LogP contribution in [0.5, 0.6) is 0 Å². The van der Waals surface area contributed by atoms with E-state index < -0.39 is 0 Å². The predicted octanol–water partition coefficient (Wildman–Crippen LogP) is 2.21. The number of nitrogen functional groups attached to an aromatic ring is 1. The molecule has 1 heterocycles. The summed E-state index contributed by atoms with van der Waals surface area (Å²) in [6, 6.07) is 3.88. The molecule has 0 aromatic carbocycles. The summed E-state index contributed by atoms with van der Waals surface area (Å²) in [7, 11) is 1.65. The van der Waals surface area contributed by atoms with Gasteiger partial charge in [-0.2, -0.15) is 0 Å². The maximum Gasteiger partial charge on any atom is 0.254 e. The zero-order valence-electron chi connectivity index (χ0n) is 13.3. The van der Waals surface area contributed by atoms with Gasteiger partial charge in [-0.3, -0.25) is 4.79 Å². The lowest BCUT2D eigenvalue weighted by Crippen LogP contribution is -2.36. The lowest BCUT2D eigenvalue weighted by Gasteiger charge is -2.24. The maximum absolute atomic E-state index is 12.8. The van der Waals surface area contributed by atoms with E-state index in [9.17, 15) is 4.79 Å². The highest BCUT2D eigenvalue weighted by atomic mass is 16.5. The van der Waals surface area contributed by atoms with Crippen LogP contribution >= 0.6 is 0 Å². The number of amides is 1. The van der Waals surface area contributed by atoms with Crippen molar-refractivity contribution < 1.29 is 9.53 Å². The van der Waals surface area contributed by atoms with Gasteiger partial charge in [-0.05, 0) is 25.0 Å². The van der Waals surface area contributed by atoms with Gasteiger partial charge in [-0.1, -0.05) is 20.8 Å². The highest BCUT2D eigenvalue weighted by molar-refractivity contribution is 5.95. The van der Waals surface area contributed by atoms with Crippen molar-refractivity contribution in [1.29, 1.82) is 0 Å². The molecular weight excluding hydrogens is 266 g/mol. The minimum atomic E-state index is -0.138. The molecule has 1 aromatic rings. The molecule has 0 atom stereocenters. The predicted molar refractivity (Wildman–Crippen MR) is 83.3 cm³/mol. The van der Waals surface area contributed by atoms with Crippen LogP contribution in [0.4, 0.5) is 5.82 Å². The molecule has 21 heavy (non-hydrogen) atoms. The Kier molecular flexibility index (Phi) is 4.52. The number of carbonyl (C=O) groups excluding carboxylic acids is 1. The third kappa shape index (κ3) is 3.94. The molecule has 1 fully saturated rings. The highest BCUT2D eigenvalue weighted by Crippen LogP contribution is 2.29. The molecule has 0 radical (unpaired) electrons. The number of pyridine rings is 1. The van der Waals surface area contributed by atoms with Crippen molar-refractivity contribution in [3.05, 3.63) is 23.4 Å². The largest absolute Gasteiger partial charge is 0.384 e. The minimum absolute atomic E-state index is 0.0224. The van der Waals surface area contributed by atoms with Crippen molar-refractivity contribution in [3.63, 3.8) is 0 Å². The fraction of sp³-hybridized carbons (Fsp3) is 0.625. The van der Waals surface area contributed by atoms with Gasteiger partial charge in [0.25, 0.3) is 5.91 Å². The normalized spacial score (nSPS) is 15.0. The third-order valence-electron chi connectivity index (χ3n) is 3.65. The molecule has 0 saturated heterocycles. The number of methoxy groups -OCH3 is 1. The van der Waals surface area contributed by atoms with Crippen LogP contribution in [0.1, 0.15) is 49.7 Å². The van der Waals surface area contributed by atoms with Crippen LogP contribution in [0.2, 0.25) is 0 Å². The van der Waals surface area contributed by atoms with E-state index >= 15 is 0 Å². The lowest BCUT2D eigenvalue weighted by molar-refractivity contribution is 0.0680. The van der Waals surface area contributed by atoms with Gasteiger partial charge in [0.1, 0.15) is 5.82 Å². The molecule has 0 aliphatic heterocycles. The Morgan fingerprint density at radius 2 is 2.10 bits per heavy atom. The molecule has 0 unspecified atom stereocenters. The topological polar surface area (TPSA) is 68.5 Å². The smallest absolute Gasteiger partial charge is 0.254 e. The first-order valence-electron chi connectivity index (χ1n) is 7.41. The van der Waals surface area contributed by atoms with E-state index in [1.54, 1.807) is 13.2 Å². The summed E-state index contributed by atoms with van der Waals surface area (Å²) in [5.74, 6) is 0.419. The number of aromatic nitrogens is 1. The Hall–Kier alpha value is -1.62. The zero-order valence-corrected chi connectivity index (χ0v) is 13.3. The van der Waals surface area contributed by atoms with Crippen LogP contribution in [-0.4, -0.2) is 42.1 Å². The molecule has 0 spiro atoms. The average Bonchev–Trinajstić information content (AvgIpc) is 3.22. The second-order valence-electron chi connectivity index (χ2n) is 6.64. The van der Waals surface area contributed by atoms with Crippen molar-refractivity contribution in [3.8, 4) is 0 Å². The van der Waals surface area contributed by atoms with Crippen LogP contribution in [0.15, 0.2) is 12.1 Å². The maximum atomic E-state index is 12.8. The molecule has 5 nitrogen and oxygen atoms in total. The van der Waals surface area contributed by atoms with E-state index in [0.29, 0.717) is 30.6 Å². The summed E-state index contributed by atoms with van der Waals surface area (Å²) in [6.45, 7) is 7.36. The number of hydrogen-bond acceptors (Lipinski definition) is 4. The van der Waals surface area contributed by atoms with Gasteiger partial charge in [0, 0.05) is 36.4 Å². The van der Waals surface area contributed by atoms with E-state index in [-0.39, 0.29) is 11.3 Å². The van der Waals surface area contributed by atoms with E-state index in [4.69, 9.17) is 10.5 Å². The van der Waals surface area contributed by atoms with Crippen molar-refractivity contribution in [2.24, 2.45) is 0 Å². The van der Waals surface area contributed by atoms with Gasteiger partial charge in [0.15, 0.2) is 0 Å². The number of hydrogen-bond donors (Lipinski definition) is 1. The molecule has 1 aromatic heterocycles. The number of carbonyl (C=O) groups is 1. The molecule has 1 saturated carbocycles. The van der Waals surface area contributed by atoms with Crippen LogP contribution < -0.4 is 5.73 Å². The Morgan fingerprint density at radius 3 is 2.62 bits per heavy atom. The second-order valence-corrected chi connectivity index (χ2v) is 6.64. The molecule has 0 bridgehead atoms. The van der Waals surface area contributed by atoms with Crippen molar-refractivity contribution >= 4 is 11.7 Å². The molecule has 1 aliphatic rings. The molecule has 116 valence electrons. The van der Waals surface area contributed by atoms with Gasteiger partial charge in [0.2, 0.25) is 0 Å². The Bertz CT molecular complexity index is 519. The van der Waals surface area contributed by atoms with E-state index in [0.717, 1.165) is 18.5 Å². The second kappa shape index (κ2) is 6.02. The van der Waals surface area contributed by atoms with Crippen LogP contribution in [0.3, 0.4) is 0 Å². The summed E-state index contributed by atoms with van der Waals surface area (Å²) in [6.07, 6.45) is 2.14. The Morgan fingerprint density at radius 1 is 1.43 bits per heavy atom. The number of nitrogens with two attached hydrogens (primary N) is 1. The molecule has 2 rings (SSSR count). The van der Waals surface area contributed by atoms with Crippen LogP contribution in [0.25, 0.3) is 0 Å². The monoisotopic (exact) mass is 291 g/mol. The van der Waals surface area contributed by atoms with Gasteiger partial charge >= 0.3 is 0 Å². The van der Waals surface area contributed by atoms with Gasteiger partial charge in [0.05, 0.1) is 6.61 Å². The third-order valence-corrected chi connectivity index (χ3v) is 3.65. The van der Waals surface area contributed by atoms with Gasteiger partial charge in [-0.25, -0.2) is 4.98 Å². The zero-order chi connectivity index (χ0) is 15.6. The minimum Gasteiger partial charge on any atom is -0.384 e. The lowest BCUT2D eigenvalue weighted by atomic mass is 9.90. The van der Waals surface area contributed by atoms with Gasteiger partial charge < -0.3 is 15.4 Å². The van der Waals surface area contributed by atoms with Crippen molar-refractivity contribution in [2.45, 2.75) is 45.1 Å². The van der Waals surface area contributed by atoms with E-state index in [1.807, 2.05) is 11.0 Å². The summed E-state index contributed by atoms with van der Waals surface area (Å²) >= 11 is 0. The number of nitrogens with zero attached hydrogens (tertiary/aromatic N) is 2. The summed E-state index contributed by atoms with van der Waals surface area (Å²) in [5, 5.41) is 0. The molecular formula is C16H25N3O2. The number of rotatable bonds is 5. The van der Waals surface area contributed by atoms with Crippen LogP contribution in [-0.2, 0) is 10.2 Å². The average molecular weight is 291 g/mol. The van der Waals surface area contributed by atoms with E-state index in [2.05, 4.69) is 25.8 Å². The summed E-state index contributed by atoms with van der Waals surface area (Å²) in [4.78, 5) is 19.0. The first-order valence-corrected chi connectivity index (χ1v) is 7.41. The SMILES string of the molecule is COCCN(C(=O)c1cc(N)nc(C(C)(C)C)c1)C1CC1. The van der Waals surface area contributed by atoms with Crippen molar-refractivity contribution in [2.75, 3.05) is 26.0 Å². The standard InChI is InChI=1S/C16H25N3O2/c1-16(2,3)13-9-11(10-14(17)18-13)15(20)19(7-8-21-4)12-5-6-12/h9-10,12H,5-8H2,1-4H3,(H2,17,18). The first-order chi connectivity index (χ1) is 9.82. The van der Waals surface area contributed by atoms with E-state index in [1.165, 1.54) is 0 Å². The summed E-state index contributed by atoms with van der Waals surface area (Å²) in [5.41, 5.74) is 7.20. The number of ether oxygens (including phenoxy) is 1. The first kappa shape index (κ1) is 15.8. The summed E-state index contributed by atoms with van der Waals surface area (Å²) < 4.78 is 5.11. The number of anilines is 1. The Labute approximate surface area is 126 Å². The highest BCUT2D eigenvalue weighted by Gasteiger charge is 2.33. The van der Waals surface area contributed by atoms with Crippen LogP contribution in [0, 0.1) is 0 Å². The molecule has 1 aliphatic carbocycles.